The second-order valence-corrected chi connectivity index (χ2v) is 4.46. The fourth-order valence-electron chi connectivity index (χ4n) is 1.39. The van der Waals surface area contributed by atoms with Crippen molar-refractivity contribution < 1.29 is 4.79 Å². The quantitative estimate of drug-likeness (QED) is 0.683. The monoisotopic (exact) mass is 285 g/mol. The molecule has 0 spiro atoms. The highest BCUT2D eigenvalue weighted by Crippen LogP contribution is 2.29. The molecular weight excluding hydrogens is 277 g/mol. The zero-order valence-electron chi connectivity index (χ0n) is 9.39. The van der Waals surface area contributed by atoms with E-state index in [2.05, 4.69) is 15.4 Å². The highest BCUT2D eigenvalue weighted by atomic mass is 35.5. The summed E-state index contributed by atoms with van der Waals surface area (Å²) in [5, 5.41) is 11.8. The molecule has 94 valence electrons. The number of ketones is 1. The Hall–Kier alpha value is -1.66. The van der Waals surface area contributed by atoms with Crippen LogP contribution >= 0.6 is 23.2 Å². The normalized spacial score (nSPS) is 10.6. The summed E-state index contributed by atoms with van der Waals surface area (Å²) in [5.74, 6) is 0.137. The number of carbonyl (C=O) groups excluding carboxylic acids is 1. The third-order valence-electron chi connectivity index (χ3n) is 2.27. The molecule has 0 aliphatic heterocycles. The predicted molar refractivity (Wildman–Crippen MR) is 67.7 cm³/mol. The Morgan fingerprint density at radius 1 is 1.39 bits per heavy atom. The maximum Gasteiger partial charge on any atom is 0.182 e. The summed E-state index contributed by atoms with van der Waals surface area (Å²) in [4.78, 5) is 13.2. The van der Waals surface area contributed by atoms with Crippen LogP contribution in [0, 0.1) is 0 Å². The lowest BCUT2D eigenvalue weighted by molar-refractivity contribution is 0.0990. The fourth-order valence-corrected chi connectivity index (χ4v) is 1.87. The molecule has 1 aromatic carbocycles. The molecule has 2 N–H and O–H groups in total. The van der Waals surface area contributed by atoms with Crippen LogP contribution in [0.2, 0.25) is 10.0 Å². The Morgan fingerprint density at radius 2 is 2.00 bits per heavy atom. The molecule has 18 heavy (non-hydrogen) atoms. The molecule has 1 heterocycles. The first-order valence-electron chi connectivity index (χ1n) is 4.98. The number of hydrogen-bond donors (Lipinski definition) is 1. The maximum absolute atomic E-state index is 12.0. The predicted octanol–water partition coefficient (Wildman–Crippen LogP) is 1.52. The second kappa shape index (κ2) is 4.91. The zero-order valence-corrected chi connectivity index (χ0v) is 10.9. The number of benzene rings is 1. The van der Waals surface area contributed by atoms with Crippen LogP contribution in [0.15, 0.2) is 12.1 Å². The largest absolute Gasteiger partial charge is 0.396 e. The molecule has 0 saturated carbocycles. The second-order valence-electron chi connectivity index (χ2n) is 3.65. The number of rotatable bonds is 3. The number of tetrazole rings is 1. The van der Waals surface area contributed by atoms with Gasteiger partial charge in [-0.1, -0.05) is 23.2 Å². The molecule has 6 nitrogen and oxygen atoms in total. The van der Waals surface area contributed by atoms with E-state index in [-0.39, 0.29) is 27.9 Å². The molecule has 8 heteroatoms. The molecule has 0 radical (unpaired) electrons. The minimum Gasteiger partial charge on any atom is -0.396 e. The van der Waals surface area contributed by atoms with Gasteiger partial charge < -0.3 is 5.73 Å². The van der Waals surface area contributed by atoms with E-state index in [1.54, 1.807) is 7.05 Å². The standard InChI is InChI=1S/C10H9Cl2N5O/c1-17-15-9(14-16-17)4-8(18)5-2-6(11)10(13)7(12)3-5/h2-3H,4,13H2,1H3. The number of aryl methyl sites for hydroxylation is 1. The van der Waals surface area contributed by atoms with Crippen LogP contribution in [0.3, 0.4) is 0 Å². The topological polar surface area (TPSA) is 86.7 Å². The van der Waals surface area contributed by atoms with E-state index in [1.165, 1.54) is 16.9 Å². The van der Waals surface area contributed by atoms with E-state index in [4.69, 9.17) is 28.9 Å². The van der Waals surface area contributed by atoms with Gasteiger partial charge in [0, 0.05) is 5.56 Å². The van der Waals surface area contributed by atoms with Crippen molar-refractivity contribution in [1.29, 1.82) is 0 Å². The first kappa shape index (κ1) is 12.8. The van der Waals surface area contributed by atoms with Gasteiger partial charge in [0.1, 0.15) is 0 Å². The van der Waals surface area contributed by atoms with Crippen molar-refractivity contribution in [2.45, 2.75) is 6.42 Å². The van der Waals surface area contributed by atoms with Crippen LogP contribution in [0.4, 0.5) is 5.69 Å². The van der Waals surface area contributed by atoms with E-state index in [1.807, 2.05) is 0 Å². The number of anilines is 1. The highest BCUT2D eigenvalue weighted by Gasteiger charge is 2.14. The summed E-state index contributed by atoms with van der Waals surface area (Å²) in [6.45, 7) is 0. The molecule has 0 bridgehead atoms. The molecule has 0 unspecified atom stereocenters. The number of nitrogen functional groups attached to an aromatic ring is 1. The van der Waals surface area contributed by atoms with E-state index in [9.17, 15) is 4.79 Å². The Morgan fingerprint density at radius 3 is 2.50 bits per heavy atom. The van der Waals surface area contributed by atoms with Gasteiger partial charge in [-0.15, -0.1) is 10.2 Å². The number of carbonyl (C=O) groups is 1. The fraction of sp³-hybridized carbons (Fsp3) is 0.200. The van der Waals surface area contributed by atoms with Gasteiger partial charge in [-0.3, -0.25) is 4.79 Å². The molecule has 0 fully saturated rings. The van der Waals surface area contributed by atoms with E-state index in [0.717, 1.165) is 0 Å². The number of nitrogens with two attached hydrogens (primary N) is 1. The van der Waals surface area contributed by atoms with Gasteiger partial charge >= 0.3 is 0 Å². The van der Waals surface area contributed by atoms with Crippen molar-refractivity contribution in [3.05, 3.63) is 33.6 Å². The molecule has 0 aliphatic rings. The van der Waals surface area contributed by atoms with Crippen molar-refractivity contribution >= 4 is 34.7 Å². The summed E-state index contributed by atoms with van der Waals surface area (Å²) in [7, 11) is 1.62. The number of nitrogens with zero attached hydrogens (tertiary/aromatic N) is 4. The Balaban J connectivity index is 2.24. The summed E-state index contributed by atoms with van der Waals surface area (Å²) >= 11 is 11.7. The maximum atomic E-state index is 12.0. The van der Waals surface area contributed by atoms with Crippen LogP contribution < -0.4 is 5.73 Å². The zero-order chi connectivity index (χ0) is 13.3. The highest BCUT2D eigenvalue weighted by molar-refractivity contribution is 6.39. The van der Waals surface area contributed by atoms with Gasteiger partial charge in [-0.05, 0) is 17.3 Å². The lowest BCUT2D eigenvalue weighted by atomic mass is 10.1. The van der Waals surface area contributed by atoms with E-state index < -0.39 is 0 Å². The van der Waals surface area contributed by atoms with Crippen LogP contribution in [-0.2, 0) is 13.5 Å². The van der Waals surface area contributed by atoms with Crippen LogP contribution in [0.25, 0.3) is 0 Å². The number of Topliss-reactive ketones (excluding diaryl/α,β-unsaturated/α-hetero) is 1. The van der Waals surface area contributed by atoms with Gasteiger partial charge in [0.05, 0.1) is 29.2 Å². The minimum absolute atomic E-state index is 0.0322. The lowest BCUT2D eigenvalue weighted by Gasteiger charge is -2.04. The smallest absolute Gasteiger partial charge is 0.182 e. The van der Waals surface area contributed by atoms with Gasteiger partial charge in [0.2, 0.25) is 0 Å². The summed E-state index contributed by atoms with van der Waals surface area (Å²) < 4.78 is 0. The van der Waals surface area contributed by atoms with Crippen molar-refractivity contribution in [3.63, 3.8) is 0 Å². The molecule has 0 amide bonds. The average Bonchev–Trinajstić information content (AvgIpc) is 2.71. The molecule has 2 aromatic rings. The van der Waals surface area contributed by atoms with Gasteiger partial charge in [0.25, 0.3) is 0 Å². The minimum atomic E-state index is -0.202. The summed E-state index contributed by atoms with van der Waals surface area (Å²) in [5.41, 5.74) is 6.22. The van der Waals surface area contributed by atoms with E-state index >= 15 is 0 Å². The van der Waals surface area contributed by atoms with Crippen LogP contribution in [0.1, 0.15) is 16.2 Å². The molecule has 0 saturated heterocycles. The Bertz CT molecular complexity index is 587. The van der Waals surface area contributed by atoms with Crippen molar-refractivity contribution in [2.75, 3.05) is 5.73 Å². The van der Waals surface area contributed by atoms with E-state index in [0.29, 0.717) is 11.4 Å². The molecule has 2 rings (SSSR count). The Kier molecular flexibility index (Phi) is 3.49. The third-order valence-corrected chi connectivity index (χ3v) is 2.89. The lowest BCUT2D eigenvalue weighted by Crippen LogP contribution is -2.06. The number of halogens is 2. The molecule has 0 atom stereocenters. The molecular formula is C10H9Cl2N5O. The SMILES string of the molecule is Cn1nnc(CC(=O)c2cc(Cl)c(N)c(Cl)c2)n1. The first-order chi connectivity index (χ1) is 8.47. The Labute approximate surface area is 113 Å². The third kappa shape index (κ3) is 2.60. The van der Waals surface area contributed by atoms with Gasteiger partial charge in [0.15, 0.2) is 11.6 Å². The summed E-state index contributed by atoms with van der Waals surface area (Å²) in [6, 6.07) is 2.95. The molecule has 1 aromatic heterocycles. The summed E-state index contributed by atoms with van der Waals surface area (Å²) in [6.07, 6.45) is 0.0322. The van der Waals surface area contributed by atoms with Gasteiger partial charge in [-0.25, -0.2) is 0 Å². The van der Waals surface area contributed by atoms with Crippen molar-refractivity contribution in [1.82, 2.24) is 20.2 Å². The van der Waals surface area contributed by atoms with Crippen molar-refractivity contribution in [2.24, 2.45) is 7.05 Å². The number of hydrogen-bond acceptors (Lipinski definition) is 5. The van der Waals surface area contributed by atoms with Gasteiger partial charge in [-0.2, -0.15) is 4.80 Å². The van der Waals surface area contributed by atoms with Crippen molar-refractivity contribution in [3.8, 4) is 0 Å². The molecule has 0 aliphatic carbocycles. The van der Waals surface area contributed by atoms with Crippen LogP contribution in [0.5, 0.6) is 0 Å². The number of aromatic nitrogens is 4. The first-order valence-corrected chi connectivity index (χ1v) is 5.73. The average molecular weight is 286 g/mol. The van der Waals surface area contributed by atoms with Crippen LogP contribution in [-0.4, -0.2) is 26.0 Å².